The predicted octanol–water partition coefficient (Wildman–Crippen LogP) is 1.04. The largest absolute Gasteiger partial charge is 0.478 e. The van der Waals surface area contributed by atoms with Crippen molar-refractivity contribution in [3.63, 3.8) is 0 Å². The van der Waals surface area contributed by atoms with Gasteiger partial charge in [-0.05, 0) is 17.7 Å². The topological polar surface area (TPSA) is 89.3 Å². The molecule has 0 aliphatic carbocycles. The van der Waals surface area contributed by atoms with Crippen molar-refractivity contribution >= 4 is 40.4 Å². The van der Waals surface area contributed by atoms with Crippen molar-refractivity contribution in [2.75, 3.05) is 0 Å². The van der Waals surface area contributed by atoms with Gasteiger partial charge >= 0.3 is 5.97 Å². The zero-order chi connectivity index (χ0) is 12.3. The Hall–Kier alpha value is -1.53. The van der Waals surface area contributed by atoms with Crippen LogP contribution < -0.4 is 11.5 Å². The highest BCUT2D eigenvalue weighted by atomic mass is 32.1. The fraction of sp³-hybridized carbons (Fsp3) is 0.100. The Bertz CT molecular complexity index is 429. The van der Waals surface area contributed by atoms with Gasteiger partial charge in [-0.3, -0.25) is 0 Å². The van der Waals surface area contributed by atoms with Gasteiger partial charge in [0.2, 0.25) is 0 Å². The summed E-state index contributed by atoms with van der Waals surface area (Å²) in [5, 5.41) is 8.73. The third kappa shape index (κ3) is 2.74. The van der Waals surface area contributed by atoms with Crippen LogP contribution in [0, 0.1) is 0 Å². The van der Waals surface area contributed by atoms with Crippen LogP contribution in [0.1, 0.15) is 21.8 Å². The molecule has 0 amide bonds. The Labute approximate surface area is 103 Å². The first kappa shape index (κ1) is 12.5. The minimum absolute atomic E-state index is 0.176. The lowest BCUT2D eigenvalue weighted by molar-refractivity contribution is 0.0697. The molecule has 1 aromatic carbocycles. The normalized spacial score (nSPS) is 10.1. The van der Waals surface area contributed by atoms with Gasteiger partial charge in [-0.25, -0.2) is 4.79 Å². The second-order valence-corrected chi connectivity index (χ2v) is 4.11. The summed E-state index contributed by atoms with van der Waals surface area (Å²) < 4.78 is 0. The summed E-state index contributed by atoms with van der Waals surface area (Å²) >= 11 is 9.71. The molecule has 16 heavy (non-hydrogen) atoms. The van der Waals surface area contributed by atoms with Crippen LogP contribution in [0.15, 0.2) is 24.3 Å². The Morgan fingerprint density at radius 2 is 1.56 bits per heavy atom. The molecule has 6 heteroatoms. The van der Waals surface area contributed by atoms with E-state index in [0.717, 1.165) is 0 Å². The molecule has 0 unspecified atom stereocenters. The molecule has 0 aliphatic rings. The van der Waals surface area contributed by atoms with E-state index in [2.05, 4.69) is 0 Å². The maximum absolute atomic E-state index is 10.6. The highest BCUT2D eigenvalue weighted by Crippen LogP contribution is 2.17. The summed E-state index contributed by atoms with van der Waals surface area (Å²) in [7, 11) is 0. The molecule has 0 heterocycles. The van der Waals surface area contributed by atoms with Gasteiger partial charge in [0.05, 0.1) is 21.5 Å². The number of carboxylic acids is 1. The molecule has 0 saturated carbocycles. The lowest BCUT2D eigenvalue weighted by Gasteiger charge is -2.14. The van der Waals surface area contributed by atoms with Crippen molar-refractivity contribution in [2.24, 2.45) is 11.5 Å². The number of benzene rings is 1. The highest BCUT2D eigenvalue weighted by Gasteiger charge is 2.17. The number of rotatable bonds is 4. The smallest absolute Gasteiger partial charge is 0.335 e. The zero-order valence-electron chi connectivity index (χ0n) is 8.21. The second kappa shape index (κ2) is 5.00. The Balaban J connectivity index is 3.08. The third-order valence-electron chi connectivity index (χ3n) is 2.06. The van der Waals surface area contributed by atoms with E-state index < -0.39 is 11.9 Å². The number of hydrogen-bond donors (Lipinski definition) is 3. The number of aromatic carboxylic acids is 1. The number of carboxylic acid groups (broad SMARTS) is 1. The van der Waals surface area contributed by atoms with Gasteiger partial charge in [0.25, 0.3) is 0 Å². The van der Waals surface area contributed by atoms with Gasteiger partial charge < -0.3 is 16.6 Å². The summed E-state index contributed by atoms with van der Waals surface area (Å²) in [5.41, 5.74) is 11.9. The van der Waals surface area contributed by atoms with Gasteiger partial charge in [0.15, 0.2) is 0 Å². The molecule has 1 aromatic rings. The number of hydrogen-bond acceptors (Lipinski definition) is 3. The predicted molar refractivity (Wildman–Crippen MR) is 69.7 cm³/mol. The molecule has 0 radical (unpaired) electrons. The van der Waals surface area contributed by atoms with Crippen LogP contribution >= 0.6 is 24.4 Å². The third-order valence-corrected chi connectivity index (χ3v) is 2.53. The summed E-state index contributed by atoms with van der Waals surface area (Å²) in [6.45, 7) is 0. The van der Waals surface area contributed by atoms with Crippen molar-refractivity contribution in [1.82, 2.24) is 0 Å². The van der Waals surface area contributed by atoms with Crippen LogP contribution in [0.2, 0.25) is 0 Å². The lowest BCUT2D eigenvalue weighted by atomic mass is 9.98. The van der Waals surface area contributed by atoms with E-state index in [4.69, 9.17) is 41.0 Å². The Morgan fingerprint density at radius 3 is 1.88 bits per heavy atom. The van der Waals surface area contributed by atoms with E-state index in [-0.39, 0.29) is 15.5 Å². The molecule has 0 aliphatic heterocycles. The average Bonchev–Trinajstić information content (AvgIpc) is 2.17. The first-order valence-electron chi connectivity index (χ1n) is 4.35. The van der Waals surface area contributed by atoms with Gasteiger partial charge in [-0.15, -0.1) is 0 Å². The molecule has 0 bridgehead atoms. The monoisotopic (exact) mass is 254 g/mol. The second-order valence-electron chi connectivity index (χ2n) is 3.16. The van der Waals surface area contributed by atoms with E-state index in [9.17, 15) is 4.79 Å². The van der Waals surface area contributed by atoms with Gasteiger partial charge in [0.1, 0.15) is 0 Å². The van der Waals surface area contributed by atoms with E-state index in [1.165, 1.54) is 12.1 Å². The average molecular weight is 254 g/mol. The standard InChI is InChI=1S/C10H10N2O2S2/c11-8(15)7(9(12)16)5-1-3-6(4-2-5)10(13)14/h1-4,7H,(H2,11,15)(H2,12,16)(H,13,14). The Kier molecular flexibility index (Phi) is 3.92. The minimum Gasteiger partial charge on any atom is -0.478 e. The van der Waals surface area contributed by atoms with Crippen molar-refractivity contribution in [3.05, 3.63) is 35.4 Å². The molecule has 0 spiro atoms. The maximum Gasteiger partial charge on any atom is 0.335 e. The molecule has 1 rings (SSSR count). The molecule has 4 nitrogen and oxygen atoms in total. The van der Waals surface area contributed by atoms with E-state index in [1.807, 2.05) is 0 Å². The van der Waals surface area contributed by atoms with E-state index >= 15 is 0 Å². The number of carbonyl (C=O) groups is 1. The first-order valence-corrected chi connectivity index (χ1v) is 5.17. The van der Waals surface area contributed by atoms with Gasteiger partial charge in [-0.2, -0.15) is 0 Å². The summed E-state index contributed by atoms with van der Waals surface area (Å²) in [6, 6.07) is 6.13. The molecule has 0 saturated heterocycles. The molecule has 0 atom stereocenters. The number of thiocarbonyl (C=S) groups is 2. The molecular weight excluding hydrogens is 244 g/mol. The van der Waals surface area contributed by atoms with Crippen LogP contribution in [0.4, 0.5) is 0 Å². The minimum atomic E-state index is -0.992. The Morgan fingerprint density at radius 1 is 1.12 bits per heavy atom. The van der Waals surface area contributed by atoms with Crippen LogP contribution in [-0.4, -0.2) is 21.1 Å². The van der Waals surface area contributed by atoms with Crippen molar-refractivity contribution in [1.29, 1.82) is 0 Å². The van der Waals surface area contributed by atoms with Crippen molar-refractivity contribution in [2.45, 2.75) is 5.92 Å². The summed E-state index contributed by atoms with van der Waals surface area (Å²) in [4.78, 5) is 11.0. The first-order chi connectivity index (χ1) is 7.43. The fourth-order valence-corrected chi connectivity index (χ4v) is 1.89. The van der Waals surface area contributed by atoms with Crippen molar-refractivity contribution < 1.29 is 9.90 Å². The molecule has 84 valence electrons. The lowest BCUT2D eigenvalue weighted by Crippen LogP contribution is -2.30. The van der Waals surface area contributed by atoms with Crippen LogP contribution in [0.25, 0.3) is 0 Å². The molecule has 5 N–H and O–H groups in total. The molecule has 0 fully saturated rings. The SMILES string of the molecule is NC(=S)C(C(N)=S)c1ccc(C(=O)O)cc1. The van der Waals surface area contributed by atoms with Crippen LogP contribution in [0.3, 0.4) is 0 Å². The quantitative estimate of drug-likeness (QED) is 0.696. The van der Waals surface area contributed by atoms with E-state index in [0.29, 0.717) is 5.56 Å². The summed E-state index contributed by atoms with van der Waals surface area (Å²) in [5.74, 6) is -1.48. The van der Waals surface area contributed by atoms with E-state index in [1.54, 1.807) is 12.1 Å². The van der Waals surface area contributed by atoms with Crippen molar-refractivity contribution in [3.8, 4) is 0 Å². The molecular formula is C10H10N2O2S2. The number of nitrogens with two attached hydrogens (primary N) is 2. The van der Waals surface area contributed by atoms with Gasteiger partial charge in [-0.1, -0.05) is 36.6 Å². The van der Waals surface area contributed by atoms with Crippen LogP contribution in [0.5, 0.6) is 0 Å². The molecule has 0 aromatic heterocycles. The summed E-state index contributed by atoms with van der Waals surface area (Å²) in [6.07, 6.45) is 0. The highest BCUT2D eigenvalue weighted by molar-refractivity contribution is 7.82. The maximum atomic E-state index is 10.6. The zero-order valence-corrected chi connectivity index (χ0v) is 9.85. The van der Waals surface area contributed by atoms with Crippen LogP contribution in [-0.2, 0) is 0 Å². The fourth-order valence-electron chi connectivity index (χ4n) is 1.29. The van der Waals surface area contributed by atoms with Gasteiger partial charge in [0, 0.05) is 0 Å².